The van der Waals surface area contributed by atoms with Crippen LogP contribution in [0.5, 0.6) is 0 Å². The molecule has 0 aliphatic carbocycles. The normalized spacial score (nSPS) is 11.1. The van der Waals surface area contributed by atoms with E-state index in [1.807, 2.05) is 56.4 Å². The zero-order valence-electron chi connectivity index (χ0n) is 19.0. The van der Waals surface area contributed by atoms with Crippen LogP contribution in [0.3, 0.4) is 0 Å². The maximum absolute atomic E-state index is 13.3. The third-order valence-corrected chi connectivity index (χ3v) is 6.50. The Morgan fingerprint density at radius 1 is 1.09 bits per heavy atom. The van der Waals surface area contributed by atoms with E-state index in [2.05, 4.69) is 26.5 Å². The predicted octanol–water partition coefficient (Wildman–Crippen LogP) is 6.35. The second-order valence-corrected chi connectivity index (χ2v) is 9.01. The first kappa shape index (κ1) is 21.9. The van der Waals surface area contributed by atoms with Crippen LogP contribution in [0.15, 0.2) is 74.8 Å². The summed E-state index contributed by atoms with van der Waals surface area (Å²) in [5.74, 6) is 2.08. The lowest BCUT2D eigenvalue weighted by Crippen LogP contribution is -2.13. The van der Waals surface area contributed by atoms with Gasteiger partial charge in [0.05, 0.1) is 22.3 Å². The highest BCUT2D eigenvalue weighted by Crippen LogP contribution is 2.31. The minimum absolute atomic E-state index is 0.256. The third kappa shape index (κ3) is 4.45. The van der Waals surface area contributed by atoms with Gasteiger partial charge in [0.25, 0.3) is 11.6 Å². The standard InChI is InChI=1S/C26H22N4O3S/c1-15-11-21(17(3)32-15)23-12-22(24-16(2)30-33-26(24)29-23)25(31)28-19-6-8-20(9-7-19)34-14-18-5-4-10-27-13-18/h4-13H,14H2,1-3H3,(H,28,31). The van der Waals surface area contributed by atoms with Gasteiger partial charge in [0, 0.05) is 34.3 Å². The molecule has 5 rings (SSSR count). The summed E-state index contributed by atoms with van der Waals surface area (Å²) in [5.41, 5.74) is 4.66. The Bertz CT molecular complexity index is 1470. The maximum Gasteiger partial charge on any atom is 0.259 e. The average Bonchev–Trinajstić information content (AvgIpc) is 3.39. The summed E-state index contributed by atoms with van der Waals surface area (Å²) in [6.45, 7) is 5.54. The van der Waals surface area contributed by atoms with Gasteiger partial charge in [0.2, 0.25) is 0 Å². The van der Waals surface area contributed by atoms with Gasteiger partial charge < -0.3 is 14.3 Å². The number of rotatable bonds is 6. The molecule has 4 aromatic heterocycles. The van der Waals surface area contributed by atoms with Crippen LogP contribution in [0.25, 0.3) is 22.4 Å². The zero-order valence-corrected chi connectivity index (χ0v) is 19.8. The summed E-state index contributed by atoms with van der Waals surface area (Å²) in [4.78, 5) is 23.1. The molecule has 0 atom stereocenters. The van der Waals surface area contributed by atoms with Gasteiger partial charge in [0.1, 0.15) is 11.5 Å². The summed E-state index contributed by atoms with van der Waals surface area (Å²) in [6.07, 6.45) is 3.63. The van der Waals surface area contributed by atoms with Gasteiger partial charge >= 0.3 is 0 Å². The number of furan rings is 1. The van der Waals surface area contributed by atoms with Gasteiger partial charge in [-0.2, -0.15) is 0 Å². The van der Waals surface area contributed by atoms with E-state index in [0.717, 1.165) is 33.3 Å². The molecule has 0 saturated heterocycles. The molecule has 0 saturated carbocycles. The van der Waals surface area contributed by atoms with Crippen molar-refractivity contribution in [3.05, 3.63) is 89.3 Å². The summed E-state index contributed by atoms with van der Waals surface area (Å²) in [5, 5.41) is 7.60. The number of hydrogen-bond acceptors (Lipinski definition) is 7. The van der Waals surface area contributed by atoms with E-state index in [-0.39, 0.29) is 5.91 Å². The summed E-state index contributed by atoms with van der Waals surface area (Å²) >= 11 is 1.71. The van der Waals surface area contributed by atoms with Crippen LogP contribution in [0, 0.1) is 20.8 Å². The summed E-state index contributed by atoms with van der Waals surface area (Å²) in [7, 11) is 0. The minimum atomic E-state index is -0.256. The molecule has 0 bridgehead atoms. The Morgan fingerprint density at radius 2 is 1.91 bits per heavy atom. The second kappa shape index (κ2) is 9.15. The lowest BCUT2D eigenvalue weighted by atomic mass is 10.1. The first-order valence-electron chi connectivity index (χ1n) is 10.8. The van der Waals surface area contributed by atoms with Crippen LogP contribution in [0.1, 0.15) is 33.1 Å². The van der Waals surface area contributed by atoms with E-state index in [4.69, 9.17) is 8.94 Å². The van der Waals surface area contributed by atoms with Crippen LogP contribution in [-0.4, -0.2) is 21.0 Å². The van der Waals surface area contributed by atoms with Gasteiger partial charge in [0.15, 0.2) is 0 Å². The summed E-state index contributed by atoms with van der Waals surface area (Å²) < 4.78 is 11.0. The lowest BCUT2D eigenvalue weighted by Gasteiger charge is -2.09. The largest absolute Gasteiger partial charge is 0.466 e. The fourth-order valence-electron chi connectivity index (χ4n) is 3.78. The Balaban J connectivity index is 1.39. The Kier molecular flexibility index (Phi) is 5.90. The molecule has 0 radical (unpaired) electrons. The van der Waals surface area contributed by atoms with Crippen LogP contribution >= 0.6 is 11.8 Å². The van der Waals surface area contributed by atoms with Crippen molar-refractivity contribution in [2.45, 2.75) is 31.4 Å². The Morgan fingerprint density at radius 3 is 2.62 bits per heavy atom. The number of carbonyl (C=O) groups excluding carboxylic acids is 1. The van der Waals surface area contributed by atoms with Crippen molar-refractivity contribution in [2.75, 3.05) is 5.32 Å². The number of aryl methyl sites for hydroxylation is 3. The number of thioether (sulfide) groups is 1. The quantitative estimate of drug-likeness (QED) is 0.289. The molecule has 5 aromatic rings. The Hall–Kier alpha value is -3.91. The predicted molar refractivity (Wildman–Crippen MR) is 132 cm³/mol. The van der Waals surface area contributed by atoms with Crippen LogP contribution in [0.4, 0.5) is 5.69 Å². The smallest absolute Gasteiger partial charge is 0.259 e. The molecule has 7 nitrogen and oxygen atoms in total. The van der Waals surface area contributed by atoms with Crippen LogP contribution in [0.2, 0.25) is 0 Å². The molecule has 1 amide bonds. The molecule has 8 heteroatoms. The van der Waals surface area contributed by atoms with Gasteiger partial charge in [-0.05, 0) is 68.8 Å². The van der Waals surface area contributed by atoms with Crippen molar-refractivity contribution in [2.24, 2.45) is 0 Å². The van der Waals surface area contributed by atoms with Crippen LogP contribution in [-0.2, 0) is 5.75 Å². The average molecular weight is 471 g/mol. The fourth-order valence-corrected chi connectivity index (χ4v) is 4.61. The van der Waals surface area contributed by atoms with Crippen molar-refractivity contribution in [1.82, 2.24) is 15.1 Å². The Labute approximate surface area is 200 Å². The molecular formula is C26H22N4O3S. The van der Waals surface area contributed by atoms with Gasteiger partial charge in [-0.25, -0.2) is 4.98 Å². The van der Waals surface area contributed by atoms with Crippen molar-refractivity contribution in [3.63, 3.8) is 0 Å². The van der Waals surface area contributed by atoms with E-state index in [9.17, 15) is 4.79 Å². The van der Waals surface area contributed by atoms with Gasteiger partial charge in [-0.15, -0.1) is 11.8 Å². The molecule has 0 spiro atoms. The topological polar surface area (TPSA) is 94.1 Å². The van der Waals surface area contributed by atoms with E-state index in [0.29, 0.717) is 33.7 Å². The second-order valence-electron chi connectivity index (χ2n) is 7.96. The molecule has 1 N–H and O–H groups in total. The number of amides is 1. The fraction of sp³-hybridized carbons (Fsp3) is 0.154. The molecule has 0 fully saturated rings. The number of nitrogens with one attached hydrogen (secondary N) is 1. The van der Waals surface area contributed by atoms with Crippen molar-refractivity contribution < 1.29 is 13.7 Å². The van der Waals surface area contributed by atoms with Crippen molar-refractivity contribution in [1.29, 1.82) is 0 Å². The minimum Gasteiger partial charge on any atom is -0.466 e. The maximum atomic E-state index is 13.3. The number of nitrogens with zero attached hydrogens (tertiary/aromatic N) is 3. The molecule has 4 heterocycles. The molecule has 1 aromatic carbocycles. The number of hydrogen-bond donors (Lipinski definition) is 1. The van der Waals surface area contributed by atoms with Crippen LogP contribution < -0.4 is 5.32 Å². The molecular weight excluding hydrogens is 448 g/mol. The monoisotopic (exact) mass is 470 g/mol. The highest BCUT2D eigenvalue weighted by Gasteiger charge is 2.21. The van der Waals surface area contributed by atoms with E-state index >= 15 is 0 Å². The number of benzene rings is 1. The van der Waals surface area contributed by atoms with Gasteiger partial charge in [-0.1, -0.05) is 11.2 Å². The molecule has 0 aliphatic heterocycles. The highest BCUT2D eigenvalue weighted by atomic mass is 32.2. The number of pyridine rings is 2. The zero-order chi connectivity index (χ0) is 23.7. The highest BCUT2D eigenvalue weighted by molar-refractivity contribution is 7.98. The van der Waals surface area contributed by atoms with E-state index in [1.165, 1.54) is 0 Å². The molecule has 0 unspecified atom stereocenters. The molecule has 0 aliphatic rings. The SMILES string of the molecule is Cc1cc(-c2cc(C(=O)Nc3ccc(SCc4cccnc4)cc3)c3c(C)noc3n2)c(C)o1. The third-order valence-electron chi connectivity index (χ3n) is 5.42. The first-order valence-corrected chi connectivity index (χ1v) is 11.7. The lowest BCUT2D eigenvalue weighted by molar-refractivity contribution is 0.102. The molecule has 34 heavy (non-hydrogen) atoms. The van der Waals surface area contributed by atoms with Gasteiger partial charge in [-0.3, -0.25) is 9.78 Å². The number of carbonyl (C=O) groups is 1. The first-order chi connectivity index (χ1) is 16.5. The molecule has 170 valence electrons. The number of fused-ring (bicyclic) bond motifs is 1. The number of aromatic nitrogens is 3. The van der Waals surface area contributed by atoms with E-state index < -0.39 is 0 Å². The van der Waals surface area contributed by atoms with E-state index in [1.54, 1.807) is 30.9 Å². The summed E-state index contributed by atoms with van der Waals surface area (Å²) in [6, 6.07) is 15.4. The van der Waals surface area contributed by atoms with Crippen molar-refractivity contribution >= 4 is 34.5 Å². The van der Waals surface area contributed by atoms with Crippen molar-refractivity contribution in [3.8, 4) is 11.3 Å². The number of anilines is 1.